The predicted octanol–water partition coefficient (Wildman–Crippen LogP) is 5.66. The minimum atomic E-state index is -3.91. The summed E-state index contributed by atoms with van der Waals surface area (Å²) < 4.78 is 28.9. The zero-order valence-electron chi connectivity index (χ0n) is 22.3. The molecule has 4 aromatic rings. The van der Waals surface area contributed by atoms with Crippen molar-refractivity contribution >= 4 is 27.1 Å². The Bertz CT molecular complexity index is 1490. The number of aryl methyl sites for hydroxylation is 4. The number of imidazole rings is 1. The summed E-state index contributed by atoms with van der Waals surface area (Å²) in [5.41, 5.74) is 6.77. The van der Waals surface area contributed by atoms with Gasteiger partial charge in [0.05, 0.1) is 16.1 Å². The molecule has 37 heavy (non-hydrogen) atoms. The maximum atomic E-state index is 12.3. The van der Waals surface area contributed by atoms with Crippen LogP contribution in [0.2, 0.25) is 0 Å². The number of rotatable bonds is 7. The van der Waals surface area contributed by atoms with Gasteiger partial charge in [0.1, 0.15) is 11.3 Å². The fraction of sp³-hybridized carbons (Fsp3) is 0.321. The lowest BCUT2D eigenvalue weighted by atomic mass is 10.1. The van der Waals surface area contributed by atoms with Gasteiger partial charge in [0.2, 0.25) is 0 Å². The Hall–Kier alpha value is -3.72. The number of hydrogen-bond acceptors (Lipinski definition) is 5. The molecule has 0 atom stereocenters. The van der Waals surface area contributed by atoms with Crippen molar-refractivity contribution in [2.45, 2.75) is 59.3 Å². The molecule has 0 saturated carbocycles. The predicted molar refractivity (Wildman–Crippen MR) is 152 cm³/mol. The first-order valence-electron chi connectivity index (χ1n) is 12.5. The van der Waals surface area contributed by atoms with Crippen molar-refractivity contribution in [2.24, 2.45) is 0 Å². The normalized spacial score (nSPS) is 11.1. The van der Waals surface area contributed by atoms with Crippen LogP contribution >= 0.6 is 0 Å². The molecular weight excluding hydrogens is 486 g/mol. The highest BCUT2D eigenvalue weighted by Crippen LogP contribution is 2.24. The Kier molecular flexibility index (Phi) is 9.04. The van der Waals surface area contributed by atoms with Gasteiger partial charge in [-0.15, -0.1) is 0 Å². The number of nitrogens with one attached hydrogen (secondary N) is 2. The van der Waals surface area contributed by atoms with Crippen molar-refractivity contribution < 1.29 is 16.1 Å². The van der Waals surface area contributed by atoms with Gasteiger partial charge in [-0.2, -0.15) is 0 Å². The van der Waals surface area contributed by atoms with Gasteiger partial charge in [-0.3, -0.25) is 9.55 Å². The number of pyridine rings is 1. The first-order valence-corrected chi connectivity index (χ1v) is 14.0. The van der Waals surface area contributed by atoms with Gasteiger partial charge in [-0.05, 0) is 63.1 Å². The summed E-state index contributed by atoms with van der Waals surface area (Å²) in [5, 5.41) is 2.61. The van der Waals surface area contributed by atoms with Crippen molar-refractivity contribution in [1.29, 1.82) is 0 Å². The second-order valence-corrected chi connectivity index (χ2v) is 10.2. The monoisotopic (exact) mass is 525 g/mol. The van der Waals surface area contributed by atoms with Crippen LogP contribution in [0.4, 0.5) is 4.79 Å². The molecular formula is C28H39N5O3S. The molecule has 0 saturated heterocycles. The maximum Gasteiger partial charge on any atom is 0.328 e. The number of aromatic nitrogens is 3. The van der Waals surface area contributed by atoms with Crippen LogP contribution in [0, 0.1) is 20.8 Å². The Morgan fingerprint density at radius 1 is 0.973 bits per heavy atom. The molecule has 2 heterocycles. The molecule has 2 N–H and O–H groups in total. The van der Waals surface area contributed by atoms with Crippen molar-refractivity contribution in [1.82, 2.24) is 24.6 Å². The van der Waals surface area contributed by atoms with Gasteiger partial charge in [-0.1, -0.05) is 50.6 Å². The number of carbonyl (C=O) groups excluding carboxylic acids is 1. The average molecular weight is 526 g/mol. The number of urea groups is 1. The van der Waals surface area contributed by atoms with E-state index in [-0.39, 0.29) is 7.75 Å². The van der Waals surface area contributed by atoms with Crippen LogP contribution in [0.5, 0.6) is 0 Å². The second kappa shape index (κ2) is 12.0. The summed E-state index contributed by atoms with van der Waals surface area (Å²) in [6.45, 7) is 12.2. The summed E-state index contributed by atoms with van der Waals surface area (Å²) in [6, 6.07) is 15.7. The third kappa shape index (κ3) is 6.54. The Labute approximate surface area is 222 Å². The first kappa shape index (κ1) is 27.9. The molecule has 2 amide bonds. The van der Waals surface area contributed by atoms with Crippen molar-refractivity contribution in [3.05, 3.63) is 82.9 Å². The number of nitrogens with zero attached hydrogens (tertiary/aromatic N) is 3. The number of amides is 2. The van der Waals surface area contributed by atoms with Crippen LogP contribution in [0.25, 0.3) is 16.7 Å². The summed E-state index contributed by atoms with van der Waals surface area (Å²) >= 11 is 0. The van der Waals surface area contributed by atoms with E-state index in [9.17, 15) is 13.2 Å². The fourth-order valence-corrected chi connectivity index (χ4v) is 4.95. The molecule has 0 spiro atoms. The third-order valence-electron chi connectivity index (χ3n) is 5.78. The minimum absolute atomic E-state index is 0. The molecule has 2 aromatic carbocycles. The Morgan fingerprint density at radius 3 is 2.24 bits per heavy atom. The summed E-state index contributed by atoms with van der Waals surface area (Å²) in [4.78, 5) is 21.5. The van der Waals surface area contributed by atoms with Crippen LogP contribution in [0.1, 0.15) is 52.0 Å². The van der Waals surface area contributed by atoms with Crippen LogP contribution < -0.4 is 10.0 Å². The van der Waals surface area contributed by atoms with Gasteiger partial charge in [0.25, 0.3) is 10.0 Å². The lowest BCUT2D eigenvalue weighted by Crippen LogP contribution is -2.40. The first-order chi connectivity index (χ1) is 17.7. The van der Waals surface area contributed by atoms with Crippen LogP contribution in [-0.2, 0) is 22.9 Å². The van der Waals surface area contributed by atoms with Crippen LogP contribution in [-0.4, -0.2) is 35.5 Å². The highest BCUT2D eigenvalue weighted by Gasteiger charge is 2.17. The highest BCUT2D eigenvalue weighted by molar-refractivity contribution is 7.90. The smallest absolute Gasteiger partial charge is 0.328 e. The van der Waals surface area contributed by atoms with E-state index < -0.39 is 16.1 Å². The number of fused-ring (bicyclic) bond motifs is 1. The molecule has 200 valence electrons. The topological polar surface area (TPSA) is 106 Å². The van der Waals surface area contributed by atoms with Crippen molar-refractivity contribution in [2.75, 3.05) is 6.54 Å². The average Bonchev–Trinajstić information content (AvgIpc) is 3.24. The molecule has 0 aliphatic heterocycles. The van der Waals surface area contributed by atoms with Crippen molar-refractivity contribution in [3.63, 3.8) is 0 Å². The van der Waals surface area contributed by atoms with E-state index in [1.165, 1.54) is 12.1 Å². The van der Waals surface area contributed by atoms with Gasteiger partial charge < -0.3 is 5.32 Å². The molecule has 8 nitrogen and oxygen atoms in total. The zero-order chi connectivity index (χ0) is 27.2. The molecule has 0 fully saturated rings. The number of sulfonamides is 1. The second-order valence-electron chi connectivity index (χ2n) is 8.52. The summed E-state index contributed by atoms with van der Waals surface area (Å²) in [5.74, 6) is 0.969. The maximum absolute atomic E-state index is 12.3. The number of hydrogen-bond donors (Lipinski definition) is 2. The molecule has 0 unspecified atom stereocenters. The molecule has 2 aromatic heterocycles. The van der Waals surface area contributed by atoms with E-state index in [2.05, 4.69) is 32.6 Å². The Balaban J connectivity index is 0.00000186. The lowest BCUT2D eigenvalue weighted by molar-refractivity contribution is 0.246. The van der Waals surface area contributed by atoms with Gasteiger partial charge in [0.15, 0.2) is 0 Å². The molecule has 0 radical (unpaired) electrons. The quantitative estimate of drug-likeness (QED) is 0.324. The number of carbonyl (C=O) groups is 1. The lowest BCUT2D eigenvalue weighted by Gasteiger charge is -2.11. The van der Waals surface area contributed by atoms with Gasteiger partial charge in [0, 0.05) is 27.2 Å². The highest BCUT2D eigenvalue weighted by atomic mass is 32.2. The van der Waals surface area contributed by atoms with Gasteiger partial charge >= 0.3 is 6.03 Å². The molecule has 4 rings (SSSR count). The van der Waals surface area contributed by atoms with E-state index in [1.54, 1.807) is 12.1 Å². The van der Waals surface area contributed by atoms with Gasteiger partial charge in [-0.25, -0.2) is 22.9 Å². The third-order valence-corrected chi connectivity index (χ3v) is 7.13. The van der Waals surface area contributed by atoms with E-state index >= 15 is 0 Å². The SMILES string of the molecule is CC.CCc1nc2c(C)nc(C)cc2n1-c1ccc(CCNC(=O)NS(=O)(=O)c2ccc(C)cc2)cc1.[HH].[HH]. The van der Waals surface area contributed by atoms with E-state index in [0.717, 1.165) is 51.5 Å². The summed E-state index contributed by atoms with van der Waals surface area (Å²) in [6.07, 6.45) is 1.35. The molecule has 0 bridgehead atoms. The number of benzene rings is 2. The minimum Gasteiger partial charge on any atom is -0.337 e. The van der Waals surface area contributed by atoms with E-state index in [0.29, 0.717) is 13.0 Å². The summed E-state index contributed by atoms with van der Waals surface area (Å²) in [7, 11) is -3.91. The molecule has 9 heteroatoms. The zero-order valence-corrected chi connectivity index (χ0v) is 23.1. The van der Waals surface area contributed by atoms with Crippen molar-refractivity contribution in [3.8, 4) is 5.69 Å². The van der Waals surface area contributed by atoms with E-state index in [4.69, 9.17) is 4.98 Å². The molecule has 0 aliphatic carbocycles. The standard InChI is InChI=1S/C26H29N5O3S.C2H6.2H2/c1-5-24-29-25-19(4)28-18(3)16-23(25)31(24)21-10-8-20(9-11-21)14-15-27-26(32)30-35(33,34)22-12-6-17(2)7-13-22;1-2;;/h6-13,16H,5,14-15H2,1-4H3,(H2,27,30,32);1-2H3;2*1H. The van der Waals surface area contributed by atoms with E-state index in [1.807, 2.05) is 58.9 Å². The fourth-order valence-electron chi connectivity index (χ4n) is 4.02. The Morgan fingerprint density at radius 2 is 1.62 bits per heavy atom. The van der Waals surface area contributed by atoms with Crippen LogP contribution in [0.15, 0.2) is 59.5 Å². The largest absolute Gasteiger partial charge is 0.337 e. The van der Waals surface area contributed by atoms with Crippen LogP contribution in [0.3, 0.4) is 0 Å². The molecule has 0 aliphatic rings.